The Hall–Kier alpha value is 0.270. The van der Waals surface area contributed by atoms with Crippen LogP contribution in [0.2, 0.25) is 0 Å². The first-order valence-corrected chi connectivity index (χ1v) is 7.28. The van der Waals surface area contributed by atoms with Crippen LogP contribution in [0, 0.1) is 5.41 Å². The first-order valence-electron chi connectivity index (χ1n) is 6.65. The molecule has 1 saturated heterocycles. The van der Waals surface area contributed by atoms with E-state index in [2.05, 4.69) is 24.6 Å². The van der Waals surface area contributed by atoms with Crippen LogP contribution in [0.1, 0.15) is 38.5 Å². The number of hydrogen-bond acceptors (Lipinski definition) is 3. The van der Waals surface area contributed by atoms with Crippen molar-refractivity contribution in [1.82, 2.24) is 4.90 Å². The number of rotatable bonds is 4. The van der Waals surface area contributed by atoms with E-state index in [0.29, 0.717) is 5.41 Å². The van der Waals surface area contributed by atoms with Crippen molar-refractivity contribution in [3.05, 3.63) is 0 Å². The third-order valence-corrected chi connectivity index (χ3v) is 5.07. The van der Waals surface area contributed by atoms with E-state index < -0.39 is 0 Å². The summed E-state index contributed by atoms with van der Waals surface area (Å²) in [5.41, 5.74) is 0.510. The maximum atomic E-state index is 5.43. The second-order valence-electron chi connectivity index (χ2n) is 5.62. The summed E-state index contributed by atoms with van der Waals surface area (Å²) in [6.45, 7) is 3.13. The Morgan fingerprint density at radius 1 is 1.25 bits per heavy atom. The Bertz CT molecular complexity index is 210. The molecule has 1 aliphatic heterocycles. The second-order valence-corrected chi connectivity index (χ2v) is 5.94. The zero-order chi connectivity index (χ0) is 11.4. The van der Waals surface area contributed by atoms with Gasteiger partial charge in [0.15, 0.2) is 0 Å². The summed E-state index contributed by atoms with van der Waals surface area (Å²) in [6.07, 6.45) is 7.98. The van der Waals surface area contributed by atoms with E-state index >= 15 is 0 Å². The average Bonchev–Trinajstić information content (AvgIpc) is 2.79. The molecule has 1 aliphatic carbocycles. The topological polar surface area (TPSA) is 12.5 Å². The van der Waals surface area contributed by atoms with Gasteiger partial charge in [-0.05, 0) is 43.9 Å². The minimum atomic E-state index is 0.510. The summed E-state index contributed by atoms with van der Waals surface area (Å²) in [4.78, 5) is 2.57. The minimum Gasteiger partial charge on any atom is -0.381 e. The molecular formula is C13H25NOS. The minimum absolute atomic E-state index is 0.510. The van der Waals surface area contributed by atoms with Crippen LogP contribution in [0.15, 0.2) is 0 Å². The molecule has 0 unspecified atom stereocenters. The molecule has 0 aromatic rings. The predicted octanol–water partition coefficient (Wildman–Crippen LogP) is 2.59. The van der Waals surface area contributed by atoms with E-state index in [1.54, 1.807) is 0 Å². The smallest absolute Gasteiger partial charge is 0.0480 e. The summed E-state index contributed by atoms with van der Waals surface area (Å²) in [7, 11) is 2.29. The van der Waals surface area contributed by atoms with E-state index in [1.807, 2.05) is 0 Å². The number of thiol groups is 1. The number of hydrogen-bond donors (Lipinski definition) is 1. The van der Waals surface area contributed by atoms with Crippen LogP contribution in [0.25, 0.3) is 0 Å². The molecule has 0 radical (unpaired) electrons. The number of nitrogens with zero attached hydrogens (tertiary/aromatic N) is 1. The van der Waals surface area contributed by atoms with Gasteiger partial charge in [-0.25, -0.2) is 0 Å². The Morgan fingerprint density at radius 2 is 1.88 bits per heavy atom. The molecule has 1 heterocycles. The fraction of sp³-hybridized carbons (Fsp3) is 1.00. The predicted molar refractivity (Wildman–Crippen MR) is 71.2 cm³/mol. The van der Waals surface area contributed by atoms with Gasteiger partial charge in [-0.2, -0.15) is 12.6 Å². The first kappa shape index (κ1) is 12.7. The van der Waals surface area contributed by atoms with Gasteiger partial charge in [0.25, 0.3) is 0 Å². The van der Waals surface area contributed by atoms with Crippen molar-refractivity contribution in [3.63, 3.8) is 0 Å². The van der Waals surface area contributed by atoms with E-state index in [9.17, 15) is 0 Å². The standard InChI is InChI=1S/C13H25NOS/c1-14(12-4-8-15-9-5-12)10-13(11-16)6-2-3-7-13/h12,16H,2-11H2,1H3. The zero-order valence-corrected chi connectivity index (χ0v) is 11.3. The monoisotopic (exact) mass is 243 g/mol. The van der Waals surface area contributed by atoms with Crippen molar-refractivity contribution in [2.24, 2.45) is 5.41 Å². The van der Waals surface area contributed by atoms with E-state index in [4.69, 9.17) is 4.74 Å². The maximum absolute atomic E-state index is 5.43. The van der Waals surface area contributed by atoms with Crippen molar-refractivity contribution in [1.29, 1.82) is 0 Å². The molecule has 2 rings (SSSR count). The third-order valence-electron chi connectivity index (χ3n) is 4.40. The lowest BCUT2D eigenvalue weighted by Gasteiger charge is -2.38. The lowest BCUT2D eigenvalue weighted by Crippen LogP contribution is -2.43. The largest absolute Gasteiger partial charge is 0.381 e. The lowest BCUT2D eigenvalue weighted by atomic mass is 9.87. The van der Waals surface area contributed by atoms with Crippen LogP contribution in [0.5, 0.6) is 0 Å². The average molecular weight is 243 g/mol. The van der Waals surface area contributed by atoms with Gasteiger partial charge in [-0.15, -0.1) is 0 Å². The maximum Gasteiger partial charge on any atom is 0.0480 e. The van der Waals surface area contributed by atoms with Gasteiger partial charge < -0.3 is 9.64 Å². The molecule has 2 fully saturated rings. The molecule has 0 N–H and O–H groups in total. The van der Waals surface area contributed by atoms with Crippen molar-refractivity contribution in [2.45, 2.75) is 44.6 Å². The molecule has 0 bridgehead atoms. The molecule has 2 aliphatic rings. The highest BCUT2D eigenvalue weighted by atomic mass is 32.1. The van der Waals surface area contributed by atoms with Crippen LogP contribution in [0.3, 0.4) is 0 Å². The highest BCUT2D eigenvalue weighted by Crippen LogP contribution is 2.40. The summed E-state index contributed by atoms with van der Waals surface area (Å²) in [6, 6.07) is 0.742. The molecule has 3 heteroatoms. The highest BCUT2D eigenvalue weighted by Gasteiger charge is 2.35. The molecule has 94 valence electrons. The Kier molecular flexibility index (Phi) is 4.57. The summed E-state index contributed by atoms with van der Waals surface area (Å²) >= 11 is 4.59. The van der Waals surface area contributed by atoms with E-state index in [0.717, 1.165) is 25.0 Å². The van der Waals surface area contributed by atoms with Crippen molar-refractivity contribution < 1.29 is 4.74 Å². The van der Waals surface area contributed by atoms with Gasteiger partial charge in [-0.3, -0.25) is 0 Å². The van der Waals surface area contributed by atoms with Crippen LogP contribution in [-0.2, 0) is 4.74 Å². The van der Waals surface area contributed by atoms with Crippen molar-refractivity contribution in [3.8, 4) is 0 Å². The molecule has 0 aromatic carbocycles. The summed E-state index contributed by atoms with van der Waals surface area (Å²) < 4.78 is 5.43. The SMILES string of the molecule is CN(CC1(CS)CCCC1)C1CCOCC1. The van der Waals surface area contributed by atoms with Gasteiger partial charge in [0, 0.05) is 25.8 Å². The van der Waals surface area contributed by atoms with Gasteiger partial charge in [-0.1, -0.05) is 12.8 Å². The van der Waals surface area contributed by atoms with Crippen LogP contribution in [0.4, 0.5) is 0 Å². The van der Waals surface area contributed by atoms with Crippen LogP contribution in [-0.4, -0.2) is 43.5 Å². The fourth-order valence-corrected chi connectivity index (χ4v) is 3.69. The molecule has 0 atom stereocenters. The molecule has 0 aromatic heterocycles. The van der Waals surface area contributed by atoms with E-state index in [1.165, 1.54) is 45.1 Å². The molecule has 1 saturated carbocycles. The molecule has 16 heavy (non-hydrogen) atoms. The Labute approximate surface area is 105 Å². The van der Waals surface area contributed by atoms with E-state index in [-0.39, 0.29) is 0 Å². The van der Waals surface area contributed by atoms with Gasteiger partial charge in [0.1, 0.15) is 0 Å². The first-order chi connectivity index (χ1) is 7.76. The highest BCUT2D eigenvalue weighted by molar-refractivity contribution is 7.80. The molecular weight excluding hydrogens is 218 g/mol. The second kappa shape index (κ2) is 5.74. The van der Waals surface area contributed by atoms with Crippen molar-refractivity contribution in [2.75, 3.05) is 32.6 Å². The fourth-order valence-electron chi connectivity index (χ4n) is 3.28. The van der Waals surface area contributed by atoms with Gasteiger partial charge >= 0.3 is 0 Å². The van der Waals surface area contributed by atoms with Gasteiger partial charge in [0.2, 0.25) is 0 Å². The number of ether oxygens (including phenoxy) is 1. The normalized spacial score (nSPS) is 26.4. The van der Waals surface area contributed by atoms with Crippen molar-refractivity contribution >= 4 is 12.6 Å². The lowest BCUT2D eigenvalue weighted by molar-refractivity contribution is 0.0307. The Balaban J connectivity index is 1.86. The molecule has 0 spiro atoms. The zero-order valence-electron chi connectivity index (χ0n) is 10.5. The quantitative estimate of drug-likeness (QED) is 0.762. The van der Waals surface area contributed by atoms with Gasteiger partial charge in [0.05, 0.1) is 0 Å². The molecule has 2 nitrogen and oxygen atoms in total. The Morgan fingerprint density at radius 3 is 2.44 bits per heavy atom. The summed E-state index contributed by atoms with van der Waals surface area (Å²) in [5.74, 6) is 1.06. The third kappa shape index (κ3) is 2.93. The van der Waals surface area contributed by atoms with Crippen LogP contribution >= 0.6 is 12.6 Å². The van der Waals surface area contributed by atoms with Crippen LogP contribution < -0.4 is 0 Å². The molecule has 0 amide bonds. The summed E-state index contributed by atoms with van der Waals surface area (Å²) in [5, 5.41) is 0.